The number of nitrogens with zero attached hydrogens (tertiary/aromatic N) is 1. The van der Waals surface area contributed by atoms with Gasteiger partial charge in [-0.2, -0.15) is 11.8 Å². The number of benzene rings is 3. The van der Waals surface area contributed by atoms with Gasteiger partial charge in [0.15, 0.2) is 17.3 Å². The quantitative estimate of drug-likeness (QED) is 0.351. The van der Waals surface area contributed by atoms with E-state index < -0.39 is 0 Å². The molecule has 39 heavy (non-hydrogen) atoms. The van der Waals surface area contributed by atoms with Crippen molar-refractivity contribution in [1.82, 2.24) is 4.57 Å². The van der Waals surface area contributed by atoms with Crippen LogP contribution >= 0.6 is 11.8 Å². The van der Waals surface area contributed by atoms with E-state index in [2.05, 4.69) is 16.0 Å². The number of fused-ring (bicyclic) bond motifs is 4. The van der Waals surface area contributed by atoms with Gasteiger partial charge < -0.3 is 24.1 Å². The number of hydrogen-bond donors (Lipinski definition) is 1. The Balaban J connectivity index is 1.10. The third kappa shape index (κ3) is 4.55. The Morgan fingerprint density at radius 1 is 0.949 bits per heavy atom. The maximum absolute atomic E-state index is 13.4. The molecule has 0 saturated carbocycles. The SMILES string of the molecule is O=C(Nc1ccc([C@H]2CC(=O)c3cc4c(cc3-n3cccc32)OCCO4)cc1)c1ccc(OC2CSC2)cc1. The Bertz CT molecular complexity index is 1560. The first kappa shape index (κ1) is 23.9. The van der Waals surface area contributed by atoms with Gasteiger partial charge in [-0.1, -0.05) is 12.1 Å². The molecule has 8 heteroatoms. The molecule has 0 radical (unpaired) electrons. The molecule has 7 nitrogen and oxygen atoms in total. The first-order valence-corrected chi connectivity index (χ1v) is 14.2. The lowest BCUT2D eigenvalue weighted by molar-refractivity contribution is 0.0977. The molecule has 196 valence electrons. The van der Waals surface area contributed by atoms with Crippen molar-refractivity contribution in [2.24, 2.45) is 0 Å². The molecule has 0 bridgehead atoms. The summed E-state index contributed by atoms with van der Waals surface area (Å²) >= 11 is 1.87. The summed E-state index contributed by atoms with van der Waals surface area (Å²) in [7, 11) is 0. The van der Waals surface area contributed by atoms with Gasteiger partial charge in [-0.25, -0.2) is 0 Å². The molecule has 1 N–H and O–H groups in total. The summed E-state index contributed by atoms with van der Waals surface area (Å²) in [6, 6.07) is 22.7. The molecule has 4 aromatic rings. The van der Waals surface area contributed by atoms with E-state index in [0.717, 1.165) is 34.2 Å². The number of thioether (sulfide) groups is 1. The molecular weight excluding hydrogens is 512 g/mol. The summed E-state index contributed by atoms with van der Waals surface area (Å²) in [5.74, 6) is 3.81. The highest BCUT2D eigenvalue weighted by Gasteiger charge is 2.30. The van der Waals surface area contributed by atoms with Crippen LogP contribution < -0.4 is 19.5 Å². The fraction of sp³-hybridized carbons (Fsp3) is 0.226. The lowest BCUT2D eigenvalue weighted by atomic mass is 9.90. The molecule has 0 aliphatic carbocycles. The number of rotatable bonds is 5. The Morgan fingerprint density at radius 3 is 2.41 bits per heavy atom. The van der Waals surface area contributed by atoms with E-state index in [0.29, 0.717) is 47.9 Å². The van der Waals surface area contributed by atoms with Crippen molar-refractivity contribution in [3.63, 3.8) is 0 Å². The van der Waals surface area contributed by atoms with Crippen LogP contribution in [0.15, 0.2) is 79.0 Å². The van der Waals surface area contributed by atoms with Crippen molar-refractivity contribution >= 4 is 29.1 Å². The Morgan fingerprint density at radius 2 is 1.69 bits per heavy atom. The Hall–Kier alpha value is -4.17. The standard InChI is InChI=1S/C31H26N2O5S/c34-28-14-24(26-2-1-11-33(26)27-16-30-29(15-25(27)28)36-12-13-37-30)19-3-7-21(8-4-19)32-31(35)20-5-9-22(10-6-20)38-23-17-39-18-23/h1-11,15-16,23-24H,12-14,17-18H2,(H,32,35)/t24-/m1/s1. The number of aromatic nitrogens is 1. The van der Waals surface area contributed by atoms with E-state index in [1.807, 2.05) is 72.6 Å². The molecule has 1 amide bonds. The van der Waals surface area contributed by atoms with E-state index >= 15 is 0 Å². The van der Waals surface area contributed by atoms with Crippen molar-refractivity contribution in [3.8, 4) is 22.9 Å². The molecule has 3 aliphatic rings. The lowest BCUT2D eigenvalue weighted by Crippen LogP contribution is -2.31. The number of hydrogen-bond acceptors (Lipinski definition) is 6. The minimum atomic E-state index is -0.184. The predicted octanol–water partition coefficient (Wildman–Crippen LogP) is 5.71. The topological polar surface area (TPSA) is 78.8 Å². The minimum Gasteiger partial charge on any atom is -0.489 e. The number of carbonyl (C=O) groups is 2. The van der Waals surface area contributed by atoms with E-state index in [1.54, 1.807) is 12.1 Å². The molecular formula is C31H26N2O5S. The van der Waals surface area contributed by atoms with Crippen molar-refractivity contribution < 1.29 is 23.8 Å². The van der Waals surface area contributed by atoms with E-state index in [4.69, 9.17) is 14.2 Å². The van der Waals surface area contributed by atoms with Crippen molar-refractivity contribution in [2.75, 3.05) is 30.0 Å². The number of anilines is 1. The highest BCUT2D eigenvalue weighted by Crippen LogP contribution is 2.41. The first-order chi connectivity index (χ1) is 19.1. The van der Waals surface area contributed by atoms with Crippen molar-refractivity contribution in [3.05, 3.63) is 101 Å². The zero-order valence-corrected chi connectivity index (χ0v) is 21.9. The van der Waals surface area contributed by atoms with Gasteiger partial charge in [0, 0.05) is 58.6 Å². The molecule has 0 spiro atoms. The number of ether oxygens (including phenoxy) is 3. The second kappa shape index (κ2) is 9.85. The van der Waals surface area contributed by atoms with Gasteiger partial charge in [0.1, 0.15) is 25.1 Å². The highest BCUT2D eigenvalue weighted by molar-refractivity contribution is 8.00. The number of carbonyl (C=O) groups excluding carboxylic acids is 2. The molecule has 1 fully saturated rings. The summed E-state index contributed by atoms with van der Waals surface area (Å²) in [4.78, 5) is 26.3. The number of ketones is 1. The monoisotopic (exact) mass is 538 g/mol. The maximum atomic E-state index is 13.4. The molecule has 1 atom stereocenters. The second-order valence-electron chi connectivity index (χ2n) is 9.87. The summed E-state index contributed by atoms with van der Waals surface area (Å²) in [6.45, 7) is 0.961. The average molecular weight is 539 g/mol. The van der Waals surface area contributed by atoms with Crippen LogP contribution in [0.5, 0.6) is 17.2 Å². The molecule has 0 unspecified atom stereocenters. The number of Topliss-reactive ketones (excluding diaryl/α,β-unsaturated/α-hetero) is 1. The first-order valence-electron chi connectivity index (χ1n) is 13.0. The van der Waals surface area contributed by atoms with Gasteiger partial charge in [-0.15, -0.1) is 0 Å². The molecule has 3 aromatic carbocycles. The zero-order chi connectivity index (χ0) is 26.3. The molecule has 7 rings (SSSR count). The lowest BCUT2D eigenvalue weighted by Gasteiger charge is -2.25. The molecule has 3 aliphatic heterocycles. The largest absolute Gasteiger partial charge is 0.489 e. The second-order valence-corrected chi connectivity index (χ2v) is 10.9. The maximum Gasteiger partial charge on any atom is 0.255 e. The summed E-state index contributed by atoms with van der Waals surface area (Å²) < 4.78 is 19.4. The van der Waals surface area contributed by atoms with E-state index in [-0.39, 0.29) is 23.7 Å². The van der Waals surface area contributed by atoms with Crippen LogP contribution in [0.3, 0.4) is 0 Å². The normalized spacial score (nSPS) is 17.8. The number of nitrogens with one attached hydrogen (secondary N) is 1. The number of amides is 1. The molecule has 4 heterocycles. The summed E-state index contributed by atoms with van der Waals surface area (Å²) in [6.07, 6.45) is 2.57. The third-order valence-corrected chi connectivity index (χ3v) is 8.56. The van der Waals surface area contributed by atoms with Crippen LogP contribution in [0.1, 0.15) is 44.3 Å². The summed E-state index contributed by atoms with van der Waals surface area (Å²) in [5, 5.41) is 2.97. The van der Waals surface area contributed by atoms with Gasteiger partial charge >= 0.3 is 0 Å². The third-order valence-electron chi connectivity index (χ3n) is 7.34. The van der Waals surface area contributed by atoms with Crippen LogP contribution in [0.25, 0.3) is 5.69 Å². The van der Waals surface area contributed by atoms with Crippen LogP contribution in [0.4, 0.5) is 5.69 Å². The van der Waals surface area contributed by atoms with Crippen LogP contribution in [0.2, 0.25) is 0 Å². The van der Waals surface area contributed by atoms with Crippen LogP contribution in [-0.2, 0) is 0 Å². The molecule has 1 saturated heterocycles. The fourth-order valence-electron chi connectivity index (χ4n) is 5.25. The smallest absolute Gasteiger partial charge is 0.255 e. The Kier molecular flexibility index (Phi) is 6.04. The zero-order valence-electron chi connectivity index (χ0n) is 21.1. The summed E-state index contributed by atoms with van der Waals surface area (Å²) in [5.41, 5.74) is 4.72. The Labute approximate surface area is 230 Å². The van der Waals surface area contributed by atoms with Gasteiger partial charge in [-0.3, -0.25) is 9.59 Å². The van der Waals surface area contributed by atoms with Gasteiger partial charge in [0.05, 0.1) is 5.69 Å². The van der Waals surface area contributed by atoms with Gasteiger partial charge in [-0.05, 0) is 60.2 Å². The highest BCUT2D eigenvalue weighted by atomic mass is 32.2. The van der Waals surface area contributed by atoms with Crippen molar-refractivity contribution in [2.45, 2.75) is 18.4 Å². The van der Waals surface area contributed by atoms with Crippen molar-refractivity contribution in [1.29, 1.82) is 0 Å². The minimum absolute atomic E-state index is 0.0524. The van der Waals surface area contributed by atoms with Crippen LogP contribution in [-0.4, -0.2) is 47.1 Å². The van der Waals surface area contributed by atoms with Gasteiger partial charge in [0.2, 0.25) is 0 Å². The fourth-order valence-corrected chi connectivity index (χ4v) is 5.81. The van der Waals surface area contributed by atoms with E-state index in [9.17, 15) is 9.59 Å². The predicted molar refractivity (Wildman–Crippen MR) is 150 cm³/mol. The van der Waals surface area contributed by atoms with E-state index in [1.165, 1.54) is 0 Å². The van der Waals surface area contributed by atoms with Crippen LogP contribution in [0, 0.1) is 0 Å². The average Bonchev–Trinajstić information content (AvgIpc) is 3.39. The van der Waals surface area contributed by atoms with Gasteiger partial charge in [0.25, 0.3) is 5.91 Å². The molecule has 1 aromatic heterocycles.